The van der Waals surface area contributed by atoms with Crippen LogP contribution in [0.4, 0.5) is 0 Å². The molecule has 12 heavy (non-hydrogen) atoms. The summed E-state index contributed by atoms with van der Waals surface area (Å²) in [5.41, 5.74) is 2.05. The molecule has 1 aliphatic rings. The van der Waals surface area contributed by atoms with E-state index in [4.69, 9.17) is 0 Å². The van der Waals surface area contributed by atoms with Crippen LogP contribution in [0.2, 0.25) is 0 Å². The minimum atomic E-state index is 0.804. The van der Waals surface area contributed by atoms with Crippen molar-refractivity contribution < 1.29 is 4.79 Å². The van der Waals surface area contributed by atoms with Gasteiger partial charge in [0, 0.05) is 25.3 Å². The van der Waals surface area contributed by atoms with Crippen molar-refractivity contribution in [2.75, 3.05) is 13.6 Å². The van der Waals surface area contributed by atoms with E-state index in [9.17, 15) is 4.79 Å². The third kappa shape index (κ3) is 1.06. The molecule has 1 aliphatic heterocycles. The summed E-state index contributed by atoms with van der Waals surface area (Å²) in [5, 5.41) is 0. The molecule has 1 aromatic heterocycles. The van der Waals surface area contributed by atoms with Crippen LogP contribution in [0.25, 0.3) is 0 Å². The molecule has 0 spiro atoms. The molecule has 0 saturated carbocycles. The van der Waals surface area contributed by atoms with Gasteiger partial charge in [0.05, 0.1) is 5.69 Å². The van der Waals surface area contributed by atoms with Gasteiger partial charge in [0.2, 0.25) is 0 Å². The highest BCUT2D eigenvalue weighted by molar-refractivity contribution is 5.72. The smallest absolute Gasteiger partial charge is 0.166 e. The van der Waals surface area contributed by atoms with E-state index in [0.29, 0.717) is 0 Å². The Labute approximate surface area is 71.6 Å². The SMILES string of the molecule is CN1CCn2c(C=O)ccc2C1. The van der Waals surface area contributed by atoms with Crippen LogP contribution in [0, 0.1) is 0 Å². The molecule has 0 aromatic carbocycles. The summed E-state index contributed by atoms with van der Waals surface area (Å²) in [6, 6.07) is 3.92. The fourth-order valence-electron chi connectivity index (χ4n) is 1.67. The summed E-state index contributed by atoms with van der Waals surface area (Å²) in [6.07, 6.45) is 0.925. The first-order valence-electron chi connectivity index (χ1n) is 4.13. The van der Waals surface area contributed by atoms with Crippen molar-refractivity contribution in [3.63, 3.8) is 0 Å². The molecule has 0 fully saturated rings. The van der Waals surface area contributed by atoms with Crippen LogP contribution < -0.4 is 0 Å². The first-order valence-corrected chi connectivity index (χ1v) is 4.13. The molecule has 0 amide bonds. The van der Waals surface area contributed by atoms with Gasteiger partial charge >= 0.3 is 0 Å². The fourth-order valence-corrected chi connectivity index (χ4v) is 1.67. The highest BCUT2D eigenvalue weighted by Gasteiger charge is 2.14. The molecule has 2 rings (SSSR count). The number of hydrogen-bond donors (Lipinski definition) is 0. The number of nitrogens with zero attached hydrogens (tertiary/aromatic N) is 2. The molecule has 64 valence electrons. The third-order valence-electron chi connectivity index (χ3n) is 2.36. The summed E-state index contributed by atoms with van der Waals surface area (Å²) in [4.78, 5) is 12.8. The maximum Gasteiger partial charge on any atom is 0.166 e. The van der Waals surface area contributed by atoms with Crippen LogP contribution in [-0.2, 0) is 13.1 Å². The van der Waals surface area contributed by atoms with E-state index in [1.54, 1.807) is 0 Å². The van der Waals surface area contributed by atoms with Crippen molar-refractivity contribution >= 4 is 6.29 Å². The molecule has 0 radical (unpaired) electrons. The quantitative estimate of drug-likeness (QED) is 0.572. The van der Waals surface area contributed by atoms with E-state index in [0.717, 1.165) is 31.6 Å². The van der Waals surface area contributed by atoms with Crippen molar-refractivity contribution in [1.29, 1.82) is 0 Å². The second-order valence-electron chi connectivity index (χ2n) is 3.26. The molecule has 0 unspecified atom stereocenters. The number of hydrogen-bond acceptors (Lipinski definition) is 2. The van der Waals surface area contributed by atoms with Gasteiger partial charge in [-0.3, -0.25) is 9.69 Å². The molecule has 2 heterocycles. The predicted octanol–water partition coefficient (Wildman–Crippen LogP) is 0.746. The molecule has 0 saturated heterocycles. The summed E-state index contributed by atoms with van der Waals surface area (Å²) in [5.74, 6) is 0. The predicted molar refractivity (Wildman–Crippen MR) is 46.2 cm³/mol. The maximum atomic E-state index is 10.6. The van der Waals surface area contributed by atoms with Crippen LogP contribution in [0.3, 0.4) is 0 Å². The average Bonchev–Trinajstić information content (AvgIpc) is 2.46. The summed E-state index contributed by atoms with van der Waals surface area (Å²) in [6.45, 7) is 2.92. The number of carbonyl (C=O) groups is 1. The number of aromatic nitrogens is 1. The van der Waals surface area contributed by atoms with E-state index in [1.165, 1.54) is 5.69 Å². The number of likely N-dealkylation sites (N-methyl/N-ethyl adjacent to an activating group) is 1. The highest BCUT2D eigenvalue weighted by atomic mass is 16.1. The standard InChI is InChI=1S/C9H12N2O/c1-10-4-5-11-8(6-10)2-3-9(11)7-12/h2-3,7H,4-6H2,1H3. The van der Waals surface area contributed by atoms with Gasteiger partial charge in [0.15, 0.2) is 6.29 Å². The van der Waals surface area contributed by atoms with Gasteiger partial charge in [-0.05, 0) is 19.2 Å². The lowest BCUT2D eigenvalue weighted by Gasteiger charge is -2.25. The zero-order valence-electron chi connectivity index (χ0n) is 7.16. The second kappa shape index (κ2) is 2.75. The Bertz CT molecular complexity index is 303. The highest BCUT2D eigenvalue weighted by Crippen LogP contribution is 2.14. The first-order chi connectivity index (χ1) is 5.81. The van der Waals surface area contributed by atoms with Crippen LogP contribution >= 0.6 is 0 Å². The van der Waals surface area contributed by atoms with Crippen molar-refractivity contribution in [2.24, 2.45) is 0 Å². The van der Waals surface area contributed by atoms with Crippen molar-refractivity contribution in [2.45, 2.75) is 13.1 Å². The van der Waals surface area contributed by atoms with E-state index >= 15 is 0 Å². The zero-order chi connectivity index (χ0) is 8.55. The lowest BCUT2D eigenvalue weighted by molar-refractivity contribution is 0.111. The largest absolute Gasteiger partial charge is 0.340 e. The lowest BCUT2D eigenvalue weighted by Crippen LogP contribution is -2.30. The molecule has 0 atom stereocenters. The van der Waals surface area contributed by atoms with Crippen LogP contribution in [-0.4, -0.2) is 29.3 Å². The second-order valence-corrected chi connectivity index (χ2v) is 3.26. The topological polar surface area (TPSA) is 25.2 Å². The van der Waals surface area contributed by atoms with Gasteiger partial charge < -0.3 is 4.57 Å². The minimum absolute atomic E-state index is 0.804. The lowest BCUT2D eigenvalue weighted by atomic mass is 10.3. The Kier molecular flexibility index (Phi) is 1.73. The third-order valence-corrected chi connectivity index (χ3v) is 2.36. The Morgan fingerprint density at radius 3 is 3.00 bits per heavy atom. The Hall–Kier alpha value is -1.09. The summed E-state index contributed by atoms with van der Waals surface area (Å²) >= 11 is 0. The van der Waals surface area contributed by atoms with Crippen LogP contribution in [0.15, 0.2) is 12.1 Å². The van der Waals surface area contributed by atoms with Crippen molar-refractivity contribution in [3.8, 4) is 0 Å². The minimum Gasteiger partial charge on any atom is -0.340 e. The van der Waals surface area contributed by atoms with Crippen molar-refractivity contribution in [3.05, 3.63) is 23.5 Å². The molecule has 0 aliphatic carbocycles. The van der Waals surface area contributed by atoms with E-state index < -0.39 is 0 Å². The molecular weight excluding hydrogens is 152 g/mol. The zero-order valence-corrected chi connectivity index (χ0v) is 7.16. The molecule has 3 nitrogen and oxygen atoms in total. The van der Waals surface area contributed by atoms with Crippen molar-refractivity contribution in [1.82, 2.24) is 9.47 Å². The fraction of sp³-hybridized carbons (Fsp3) is 0.444. The number of aldehydes is 1. The monoisotopic (exact) mass is 164 g/mol. The van der Waals surface area contributed by atoms with Gasteiger partial charge in [-0.1, -0.05) is 0 Å². The maximum absolute atomic E-state index is 10.6. The molecule has 0 N–H and O–H groups in total. The van der Waals surface area contributed by atoms with Crippen LogP contribution in [0.5, 0.6) is 0 Å². The van der Waals surface area contributed by atoms with E-state index in [2.05, 4.69) is 16.5 Å². The van der Waals surface area contributed by atoms with Gasteiger partial charge in [0.1, 0.15) is 0 Å². The average molecular weight is 164 g/mol. The first kappa shape index (κ1) is 7.55. The van der Waals surface area contributed by atoms with E-state index in [1.807, 2.05) is 12.1 Å². The Balaban J connectivity index is 2.38. The molecule has 0 bridgehead atoms. The molecule has 3 heteroatoms. The van der Waals surface area contributed by atoms with Crippen LogP contribution in [0.1, 0.15) is 16.2 Å². The van der Waals surface area contributed by atoms with E-state index in [-0.39, 0.29) is 0 Å². The number of carbonyl (C=O) groups excluding carboxylic acids is 1. The van der Waals surface area contributed by atoms with Gasteiger partial charge in [-0.25, -0.2) is 0 Å². The van der Waals surface area contributed by atoms with Gasteiger partial charge in [-0.2, -0.15) is 0 Å². The summed E-state index contributed by atoms with van der Waals surface area (Å²) < 4.78 is 2.09. The molecule has 1 aromatic rings. The summed E-state index contributed by atoms with van der Waals surface area (Å²) in [7, 11) is 2.09. The molecular formula is C9H12N2O. The van der Waals surface area contributed by atoms with Gasteiger partial charge in [-0.15, -0.1) is 0 Å². The Morgan fingerprint density at radius 2 is 2.25 bits per heavy atom. The Morgan fingerprint density at radius 1 is 1.42 bits per heavy atom. The van der Waals surface area contributed by atoms with Gasteiger partial charge in [0.25, 0.3) is 0 Å². The normalized spacial score (nSPS) is 17.4. The number of rotatable bonds is 1. The number of fused-ring (bicyclic) bond motifs is 1.